The van der Waals surface area contributed by atoms with Crippen LogP contribution in [0.4, 0.5) is 5.95 Å². The molecule has 2 N–H and O–H groups in total. The summed E-state index contributed by atoms with van der Waals surface area (Å²) in [7, 11) is 0. The first-order valence-electron chi connectivity index (χ1n) is 6.72. The molecule has 0 aliphatic carbocycles. The Balaban J connectivity index is 1.89. The lowest BCUT2D eigenvalue weighted by Crippen LogP contribution is -2.06. The molecule has 0 atom stereocenters. The summed E-state index contributed by atoms with van der Waals surface area (Å²) in [6, 6.07) is 13.9. The third kappa shape index (κ3) is 1.90. The van der Waals surface area contributed by atoms with Gasteiger partial charge in [-0.3, -0.25) is 9.55 Å². The van der Waals surface area contributed by atoms with Gasteiger partial charge in [0.15, 0.2) is 5.65 Å². The Morgan fingerprint density at radius 2 is 1.76 bits per heavy atom. The lowest BCUT2D eigenvalue weighted by Gasteiger charge is -2.08. The molecule has 0 aliphatic rings. The zero-order valence-electron chi connectivity index (χ0n) is 11.3. The number of nitrogens with zero attached hydrogens (tertiary/aromatic N) is 4. The normalized spacial score (nSPS) is 11.2. The van der Waals surface area contributed by atoms with Crippen LogP contribution in [-0.4, -0.2) is 19.5 Å². The smallest absolute Gasteiger partial charge is 0.202 e. The number of benzene rings is 1. The molecular formula is C16H13N5. The van der Waals surface area contributed by atoms with Crippen LogP contribution in [0.5, 0.6) is 0 Å². The van der Waals surface area contributed by atoms with Gasteiger partial charge in [0.2, 0.25) is 5.95 Å². The lowest BCUT2D eigenvalue weighted by molar-refractivity contribution is 0.831. The first kappa shape index (κ1) is 11.8. The second kappa shape index (κ2) is 4.56. The van der Waals surface area contributed by atoms with Crippen LogP contribution in [0.15, 0.2) is 54.9 Å². The summed E-state index contributed by atoms with van der Waals surface area (Å²) in [4.78, 5) is 13.2. The Morgan fingerprint density at radius 3 is 2.71 bits per heavy atom. The van der Waals surface area contributed by atoms with Gasteiger partial charge >= 0.3 is 0 Å². The second-order valence-corrected chi connectivity index (χ2v) is 4.89. The zero-order valence-corrected chi connectivity index (χ0v) is 11.3. The van der Waals surface area contributed by atoms with Crippen LogP contribution in [0, 0.1) is 0 Å². The number of imidazole rings is 1. The van der Waals surface area contributed by atoms with Crippen LogP contribution in [0.25, 0.3) is 22.1 Å². The first-order valence-corrected chi connectivity index (χ1v) is 6.72. The van der Waals surface area contributed by atoms with E-state index in [-0.39, 0.29) is 0 Å². The predicted octanol–water partition coefficient (Wildman–Crippen LogP) is 2.61. The molecule has 3 aromatic heterocycles. The monoisotopic (exact) mass is 275 g/mol. The average Bonchev–Trinajstić information content (AvgIpc) is 2.84. The summed E-state index contributed by atoms with van der Waals surface area (Å²) < 4.78 is 1.92. The Morgan fingerprint density at radius 1 is 0.952 bits per heavy atom. The van der Waals surface area contributed by atoms with Crippen molar-refractivity contribution in [3.63, 3.8) is 0 Å². The van der Waals surface area contributed by atoms with E-state index in [0.29, 0.717) is 12.5 Å². The quantitative estimate of drug-likeness (QED) is 0.610. The van der Waals surface area contributed by atoms with Crippen molar-refractivity contribution in [2.24, 2.45) is 0 Å². The van der Waals surface area contributed by atoms with Crippen LogP contribution >= 0.6 is 0 Å². The summed E-state index contributed by atoms with van der Waals surface area (Å²) >= 11 is 0. The number of fused-ring (bicyclic) bond motifs is 2. The Bertz CT molecular complexity index is 936. The van der Waals surface area contributed by atoms with Gasteiger partial charge in [0, 0.05) is 17.8 Å². The van der Waals surface area contributed by atoms with Gasteiger partial charge in [-0.2, -0.15) is 0 Å². The van der Waals surface area contributed by atoms with Gasteiger partial charge in [0.1, 0.15) is 5.52 Å². The van der Waals surface area contributed by atoms with E-state index in [4.69, 9.17) is 5.73 Å². The van der Waals surface area contributed by atoms with Crippen molar-refractivity contribution in [1.29, 1.82) is 0 Å². The molecule has 5 nitrogen and oxygen atoms in total. The van der Waals surface area contributed by atoms with Crippen LogP contribution in [0.1, 0.15) is 5.56 Å². The molecule has 0 amide bonds. The van der Waals surface area contributed by atoms with Gasteiger partial charge in [0.25, 0.3) is 0 Å². The van der Waals surface area contributed by atoms with E-state index < -0.39 is 0 Å². The highest BCUT2D eigenvalue weighted by Crippen LogP contribution is 2.21. The molecule has 1 aromatic carbocycles. The molecule has 4 aromatic rings. The molecular weight excluding hydrogens is 262 g/mol. The minimum absolute atomic E-state index is 0.469. The highest BCUT2D eigenvalue weighted by Gasteiger charge is 2.11. The number of aromatic nitrogens is 4. The lowest BCUT2D eigenvalue weighted by atomic mass is 10.1. The number of hydrogen-bond donors (Lipinski definition) is 1. The fraction of sp³-hybridized carbons (Fsp3) is 0.0625. The zero-order chi connectivity index (χ0) is 14.2. The van der Waals surface area contributed by atoms with Gasteiger partial charge in [-0.1, -0.05) is 24.3 Å². The van der Waals surface area contributed by atoms with Crippen molar-refractivity contribution in [1.82, 2.24) is 19.5 Å². The Hall–Kier alpha value is -2.95. The summed E-state index contributed by atoms with van der Waals surface area (Å²) in [5.41, 5.74) is 9.72. The van der Waals surface area contributed by atoms with Crippen molar-refractivity contribution in [2.75, 3.05) is 5.73 Å². The van der Waals surface area contributed by atoms with Crippen molar-refractivity contribution in [2.45, 2.75) is 6.54 Å². The topological polar surface area (TPSA) is 69.6 Å². The predicted molar refractivity (Wildman–Crippen MR) is 82.8 cm³/mol. The van der Waals surface area contributed by atoms with Gasteiger partial charge in [-0.25, -0.2) is 9.97 Å². The highest BCUT2D eigenvalue weighted by atomic mass is 15.2. The maximum atomic E-state index is 6.04. The molecule has 102 valence electrons. The van der Waals surface area contributed by atoms with Crippen molar-refractivity contribution < 1.29 is 0 Å². The molecule has 3 heterocycles. The van der Waals surface area contributed by atoms with Crippen LogP contribution in [-0.2, 0) is 6.54 Å². The van der Waals surface area contributed by atoms with Gasteiger partial charge in [-0.05, 0) is 23.8 Å². The van der Waals surface area contributed by atoms with E-state index >= 15 is 0 Å². The molecule has 0 aliphatic heterocycles. The fourth-order valence-corrected chi connectivity index (χ4v) is 2.60. The van der Waals surface area contributed by atoms with Gasteiger partial charge < -0.3 is 5.73 Å². The molecule has 0 radical (unpaired) electrons. The second-order valence-electron chi connectivity index (χ2n) is 4.89. The standard InChI is InChI=1S/C16H13N5/c17-16-20-13-7-3-9-19-15(13)21(16)10-12-5-1-4-11-6-2-8-18-14(11)12/h1-9H,10H2,(H2,17,20). The van der Waals surface area contributed by atoms with E-state index in [0.717, 1.165) is 27.6 Å². The Kier molecular flexibility index (Phi) is 2.57. The summed E-state index contributed by atoms with van der Waals surface area (Å²) in [5, 5.41) is 1.12. The molecule has 0 fully saturated rings. The number of nitrogen functional groups attached to an aromatic ring is 1. The molecule has 5 heteroatoms. The Labute approximate surface area is 121 Å². The van der Waals surface area contributed by atoms with E-state index in [9.17, 15) is 0 Å². The van der Waals surface area contributed by atoms with E-state index in [1.165, 1.54) is 0 Å². The average molecular weight is 275 g/mol. The van der Waals surface area contributed by atoms with Crippen molar-refractivity contribution >= 4 is 28.0 Å². The van der Waals surface area contributed by atoms with Crippen molar-refractivity contribution in [3.05, 3.63) is 60.4 Å². The number of anilines is 1. The van der Waals surface area contributed by atoms with Crippen LogP contribution in [0.3, 0.4) is 0 Å². The molecule has 0 bridgehead atoms. The number of nitrogens with two attached hydrogens (primary N) is 1. The maximum absolute atomic E-state index is 6.04. The van der Waals surface area contributed by atoms with E-state index in [1.54, 1.807) is 12.4 Å². The molecule has 0 saturated heterocycles. The summed E-state index contributed by atoms with van der Waals surface area (Å²) in [6.07, 6.45) is 3.56. The maximum Gasteiger partial charge on any atom is 0.202 e. The molecule has 0 saturated carbocycles. The summed E-state index contributed by atoms with van der Waals surface area (Å²) in [6.45, 7) is 0.605. The van der Waals surface area contributed by atoms with Crippen LogP contribution in [0.2, 0.25) is 0 Å². The highest BCUT2D eigenvalue weighted by molar-refractivity contribution is 5.82. The summed E-state index contributed by atoms with van der Waals surface area (Å²) in [5.74, 6) is 0.469. The van der Waals surface area contributed by atoms with E-state index in [1.807, 2.05) is 28.8 Å². The van der Waals surface area contributed by atoms with Crippen molar-refractivity contribution in [3.8, 4) is 0 Å². The molecule has 0 unspecified atom stereocenters. The molecule has 0 spiro atoms. The first-order chi connectivity index (χ1) is 10.3. The molecule has 4 rings (SSSR count). The van der Waals surface area contributed by atoms with Gasteiger partial charge in [-0.15, -0.1) is 0 Å². The van der Waals surface area contributed by atoms with E-state index in [2.05, 4.69) is 33.2 Å². The SMILES string of the molecule is Nc1nc2cccnc2n1Cc1cccc2cccnc12. The molecule has 21 heavy (non-hydrogen) atoms. The minimum atomic E-state index is 0.469. The third-order valence-electron chi connectivity index (χ3n) is 3.58. The third-order valence-corrected chi connectivity index (χ3v) is 3.58. The fourth-order valence-electron chi connectivity index (χ4n) is 2.60. The number of pyridine rings is 2. The number of para-hydroxylation sites is 1. The number of rotatable bonds is 2. The van der Waals surface area contributed by atoms with Crippen LogP contribution < -0.4 is 5.73 Å². The largest absolute Gasteiger partial charge is 0.369 e. The minimum Gasteiger partial charge on any atom is -0.369 e. The van der Waals surface area contributed by atoms with Gasteiger partial charge in [0.05, 0.1) is 12.1 Å². The number of hydrogen-bond acceptors (Lipinski definition) is 4.